The van der Waals surface area contributed by atoms with E-state index in [1.807, 2.05) is 19.1 Å². The van der Waals surface area contributed by atoms with Gasteiger partial charge in [-0.1, -0.05) is 0 Å². The molecule has 20 heavy (non-hydrogen) atoms. The third-order valence-electron chi connectivity index (χ3n) is 2.39. The summed E-state index contributed by atoms with van der Waals surface area (Å²) in [4.78, 5) is 4.17. The number of ether oxygens (including phenoxy) is 4. The van der Waals surface area contributed by atoms with E-state index in [4.69, 9.17) is 18.9 Å². The number of pyridine rings is 1. The predicted molar refractivity (Wildman–Crippen MR) is 77.4 cm³/mol. The van der Waals surface area contributed by atoms with E-state index < -0.39 is 0 Å². The lowest BCUT2D eigenvalue weighted by Gasteiger charge is -2.09. The van der Waals surface area contributed by atoms with Gasteiger partial charge in [-0.2, -0.15) is 0 Å². The van der Waals surface area contributed by atoms with Crippen molar-refractivity contribution in [2.75, 3.05) is 58.6 Å². The number of nitrogens with zero attached hydrogens (tertiary/aromatic N) is 1. The summed E-state index contributed by atoms with van der Waals surface area (Å²) in [6, 6.07) is 3.70. The molecule has 1 rings (SSSR count). The van der Waals surface area contributed by atoms with E-state index in [9.17, 15) is 0 Å². The minimum atomic E-state index is 0.508. The van der Waals surface area contributed by atoms with E-state index in [2.05, 4.69) is 10.3 Å². The maximum absolute atomic E-state index is 5.57. The summed E-state index contributed by atoms with van der Waals surface area (Å²) in [5, 5.41) is 3.13. The highest BCUT2D eigenvalue weighted by atomic mass is 16.6. The van der Waals surface area contributed by atoms with Crippen LogP contribution in [0, 0.1) is 0 Å². The number of hydrogen-bond donors (Lipinski definition) is 1. The Kier molecular flexibility index (Phi) is 9.56. The van der Waals surface area contributed by atoms with Crippen LogP contribution in [-0.2, 0) is 14.2 Å². The fourth-order valence-electron chi connectivity index (χ4n) is 1.46. The van der Waals surface area contributed by atoms with Crippen molar-refractivity contribution in [3.63, 3.8) is 0 Å². The first-order chi connectivity index (χ1) is 9.86. The van der Waals surface area contributed by atoms with E-state index in [0.29, 0.717) is 39.6 Å². The molecule has 0 spiro atoms. The summed E-state index contributed by atoms with van der Waals surface area (Å²) in [5.41, 5.74) is 0. The molecule has 0 atom stereocenters. The van der Waals surface area contributed by atoms with Crippen LogP contribution in [0.5, 0.6) is 5.75 Å². The molecular formula is C14H24N2O4. The van der Waals surface area contributed by atoms with Gasteiger partial charge < -0.3 is 24.3 Å². The highest BCUT2D eigenvalue weighted by Crippen LogP contribution is 2.13. The fourth-order valence-corrected chi connectivity index (χ4v) is 1.46. The average Bonchev–Trinajstić information content (AvgIpc) is 2.46. The second-order valence-corrected chi connectivity index (χ2v) is 3.97. The van der Waals surface area contributed by atoms with Crippen LogP contribution in [0.2, 0.25) is 0 Å². The van der Waals surface area contributed by atoms with E-state index in [1.165, 1.54) is 0 Å². The zero-order chi connectivity index (χ0) is 14.5. The molecule has 0 fully saturated rings. The molecule has 1 aromatic rings. The molecule has 1 aromatic heterocycles. The van der Waals surface area contributed by atoms with Gasteiger partial charge in [-0.25, -0.2) is 4.98 Å². The van der Waals surface area contributed by atoms with Crippen molar-refractivity contribution in [2.24, 2.45) is 0 Å². The number of nitrogens with one attached hydrogen (secondary N) is 1. The van der Waals surface area contributed by atoms with Crippen LogP contribution in [0.3, 0.4) is 0 Å². The third-order valence-corrected chi connectivity index (χ3v) is 2.39. The normalized spacial score (nSPS) is 10.5. The number of methoxy groups -OCH3 is 1. The van der Waals surface area contributed by atoms with Gasteiger partial charge in [0.15, 0.2) is 0 Å². The van der Waals surface area contributed by atoms with Crippen LogP contribution >= 0.6 is 0 Å². The van der Waals surface area contributed by atoms with Gasteiger partial charge in [0.05, 0.1) is 33.0 Å². The van der Waals surface area contributed by atoms with Crippen LogP contribution in [0.15, 0.2) is 18.3 Å². The van der Waals surface area contributed by atoms with Crippen molar-refractivity contribution in [1.29, 1.82) is 0 Å². The predicted octanol–water partition coefficient (Wildman–Crippen LogP) is 1.57. The largest absolute Gasteiger partial charge is 0.491 e. The summed E-state index contributed by atoms with van der Waals surface area (Å²) in [5.74, 6) is 1.60. The Morgan fingerprint density at radius 3 is 2.45 bits per heavy atom. The van der Waals surface area contributed by atoms with Gasteiger partial charge in [-0.05, 0) is 13.0 Å². The number of hydrogen-bond acceptors (Lipinski definition) is 6. The van der Waals surface area contributed by atoms with Crippen LogP contribution in [0.1, 0.15) is 6.92 Å². The minimum absolute atomic E-state index is 0.508. The first kappa shape index (κ1) is 16.7. The lowest BCUT2D eigenvalue weighted by atomic mass is 10.4. The zero-order valence-corrected chi connectivity index (χ0v) is 12.3. The van der Waals surface area contributed by atoms with E-state index in [1.54, 1.807) is 13.3 Å². The first-order valence-corrected chi connectivity index (χ1v) is 6.84. The molecular weight excluding hydrogens is 260 g/mol. The quantitative estimate of drug-likeness (QED) is 0.588. The molecule has 0 saturated carbocycles. The number of aromatic nitrogens is 1. The summed E-state index contributed by atoms with van der Waals surface area (Å²) in [6.07, 6.45) is 1.72. The molecule has 1 N–H and O–H groups in total. The van der Waals surface area contributed by atoms with Crippen LogP contribution in [0.25, 0.3) is 0 Å². The van der Waals surface area contributed by atoms with Crippen LogP contribution in [0.4, 0.5) is 5.82 Å². The Labute approximate surface area is 120 Å². The fraction of sp³-hybridized carbons (Fsp3) is 0.643. The molecule has 0 radical (unpaired) electrons. The average molecular weight is 284 g/mol. The molecule has 0 bridgehead atoms. The molecule has 6 heteroatoms. The third kappa shape index (κ3) is 7.93. The lowest BCUT2D eigenvalue weighted by Crippen LogP contribution is -2.12. The highest BCUT2D eigenvalue weighted by molar-refractivity contribution is 5.40. The molecule has 0 aliphatic rings. The van der Waals surface area contributed by atoms with Gasteiger partial charge in [0.1, 0.15) is 18.2 Å². The van der Waals surface area contributed by atoms with Gasteiger partial charge in [-0.15, -0.1) is 0 Å². The summed E-state index contributed by atoms with van der Waals surface area (Å²) >= 11 is 0. The topological polar surface area (TPSA) is 61.8 Å². The van der Waals surface area contributed by atoms with E-state index in [-0.39, 0.29) is 0 Å². The Morgan fingerprint density at radius 1 is 1.05 bits per heavy atom. The standard InChI is InChI=1S/C14H24N2O4/c1-3-15-14-12-13(4-5-16-14)20-11-10-19-9-8-18-7-6-17-2/h4-5,12H,3,6-11H2,1-2H3,(H,15,16). The maximum atomic E-state index is 5.57. The molecule has 0 aliphatic carbocycles. The van der Waals surface area contributed by atoms with Gasteiger partial charge in [0, 0.05) is 25.9 Å². The van der Waals surface area contributed by atoms with Crippen molar-refractivity contribution in [3.05, 3.63) is 18.3 Å². The van der Waals surface area contributed by atoms with Gasteiger partial charge >= 0.3 is 0 Å². The van der Waals surface area contributed by atoms with Crippen LogP contribution < -0.4 is 10.1 Å². The van der Waals surface area contributed by atoms with Gasteiger partial charge in [-0.3, -0.25) is 0 Å². The second kappa shape index (κ2) is 11.5. The Morgan fingerprint density at radius 2 is 1.75 bits per heavy atom. The monoisotopic (exact) mass is 284 g/mol. The summed E-state index contributed by atoms with van der Waals surface area (Å²) in [7, 11) is 1.65. The summed E-state index contributed by atoms with van der Waals surface area (Å²) < 4.78 is 21.1. The van der Waals surface area contributed by atoms with Gasteiger partial charge in [0.2, 0.25) is 0 Å². The van der Waals surface area contributed by atoms with Gasteiger partial charge in [0.25, 0.3) is 0 Å². The van der Waals surface area contributed by atoms with E-state index in [0.717, 1.165) is 18.1 Å². The van der Waals surface area contributed by atoms with Crippen LogP contribution in [-0.4, -0.2) is 58.3 Å². The number of anilines is 1. The Bertz CT molecular complexity index is 350. The summed E-state index contributed by atoms with van der Waals surface area (Å²) in [6.45, 7) is 6.25. The van der Waals surface area contributed by atoms with Crippen molar-refractivity contribution >= 4 is 5.82 Å². The molecule has 0 aliphatic heterocycles. The molecule has 114 valence electrons. The molecule has 0 amide bonds. The Balaban J connectivity index is 2.02. The Hall–Kier alpha value is -1.37. The highest BCUT2D eigenvalue weighted by Gasteiger charge is 1.97. The molecule has 0 aromatic carbocycles. The smallest absolute Gasteiger partial charge is 0.129 e. The zero-order valence-electron chi connectivity index (χ0n) is 12.3. The minimum Gasteiger partial charge on any atom is -0.491 e. The maximum Gasteiger partial charge on any atom is 0.129 e. The van der Waals surface area contributed by atoms with Crippen molar-refractivity contribution in [2.45, 2.75) is 6.92 Å². The van der Waals surface area contributed by atoms with Crippen molar-refractivity contribution in [1.82, 2.24) is 4.98 Å². The molecule has 1 heterocycles. The molecule has 6 nitrogen and oxygen atoms in total. The first-order valence-electron chi connectivity index (χ1n) is 6.84. The molecule has 0 unspecified atom stereocenters. The second-order valence-electron chi connectivity index (χ2n) is 3.97. The van der Waals surface area contributed by atoms with Crippen molar-refractivity contribution in [3.8, 4) is 5.75 Å². The SMILES string of the molecule is CCNc1cc(OCCOCCOCCOC)ccn1. The lowest BCUT2D eigenvalue weighted by molar-refractivity contribution is 0.0180. The molecule has 0 saturated heterocycles. The van der Waals surface area contributed by atoms with Crippen molar-refractivity contribution < 1.29 is 18.9 Å². The van der Waals surface area contributed by atoms with E-state index >= 15 is 0 Å². The number of rotatable bonds is 12.